The van der Waals surface area contributed by atoms with E-state index in [1.165, 1.54) is 5.56 Å². The summed E-state index contributed by atoms with van der Waals surface area (Å²) in [6.45, 7) is 4.56. The third kappa shape index (κ3) is 1.73. The van der Waals surface area contributed by atoms with Crippen molar-refractivity contribution < 1.29 is 4.79 Å². The Hall–Kier alpha value is -1.88. The molecule has 0 bridgehead atoms. The molecule has 0 aromatic carbocycles. The fraction of sp³-hybridized carbons (Fsp3) is 0.467. The Morgan fingerprint density at radius 2 is 2.30 bits per heavy atom. The molecule has 1 saturated carbocycles. The molecule has 2 aromatic rings. The highest BCUT2D eigenvalue weighted by Gasteiger charge is 2.56. The fourth-order valence-corrected chi connectivity index (χ4v) is 3.44. The van der Waals surface area contributed by atoms with Crippen LogP contribution in [0.2, 0.25) is 0 Å². The maximum Gasteiger partial charge on any atom is 0.224 e. The van der Waals surface area contributed by atoms with Crippen LogP contribution in [0.1, 0.15) is 11.4 Å². The molecule has 2 aliphatic rings. The topological polar surface area (TPSA) is 58.4 Å². The number of carbonyl (C=O) groups excluding carboxylic acids is 1. The first-order valence-corrected chi connectivity index (χ1v) is 7.15. The van der Waals surface area contributed by atoms with E-state index < -0.39 is 0 Å². The van der Waals surface area contributed by atoms with Crippen LogP contribution in [-0.4, -0.2) is 28.4 Å². The monoisotopic (exact) mass is 270 g/mol. The van der Waals surface area contributed by atoms with Gasteiger partial charge in [0.25, 0.3) is 0 Å². The molecular weight excluding hydrogens is 252 g/mol. The quantitative estimate of drug-likeness (QED) is 0.864. The molecule has 5 nitrogen and oxygen atoms in total. The van der Waals surface area contributed by atoms with Crippen LogP contribution >= 0.6 is 0 Å². The van der Waals surface area contributed by atoms with E-state index in [0.717, 1.165) is 24.4 Å². The van der Waals surface area contributed by atoms with Gasteiger partial charge in [0.05, 0.1) is 18.3 Å². The summed E-state index contributed by atoms with van der Waals surface area (Å²) in [5.74, 6) is 2.43. The van der Waals surface area contributed by atoms with Crippen LogP contribution in [-0.2, 0) is 11.3 Å². The summed E-state index contributed by atoms with van der Waals surface area (Å²) in [6.07, 6.45) is 3.86. The number of nitrogens with zero attached hydrogens (tertiary/aromatic N) is 2. The summed E-state index contributed by atoms with van der Waals surface area (Å²) in [5.41, 5.74) is 2.30. The number of nitrogens with one attached hydrogen (secondary N) is 2. The van der Waals surface area contributed by atoms with Crippen LogP contribution in [0.5, 0.6) is 0 Å². The molecule has 0 radical (unpaired) electrons. The van der Waals surface area contributed by atoms with Gasteiger partial charge in [0, 0.05) is 12.1 Å². The Kier molecular flexibility index (Phi) is 2.57. The predicted molar refractivity (Wildman–Crippen MR) is 75.1 cm³/mol. The minimum absolute atomic E-state index is 0.186. The van der Waals surface area contributed by atoms with Crippen molar-refractivity contribution in [1.29, 1.82) is 0 Å². The average molecular weight is 270 g/mol. The lowest BCUT2D eigenvalue weighted by atomic mass is 10.2. The normalized spacial score (nSPS) is 27.6. The number of piperidine rings is 1. The standard InChI is InChI=1S/C15H18N4O/c1-9-3-2-4-19-12(9)7-17-13(19)8-18-15(20)14-10-5-16-6-11(10)14/h2-4,7,10-11,14,16H,5-6,8H2,1H3,(H,18,20)/t10-,11+,14+. The zero-order valence-electron chi connectivity index (χ0n) is 11.5. The lowest BCUT2D eigenvalue weighted by molar-refractivity contribution is -0.123. The fourth-order valence-electron chi connectivity index (χ4n) is 3.44. The van der Waals surface area contributed by atoms with Crippen molar-refractivity contribution in [2.45, 2.75) is 13.5 Å². The van der Waals surface area contributed by atoms with Gasteiger partial charge in [-0.05, 0) is 43.5 Å². The van der Waals surface area contributed by atoms with E-state index in [-0.39, 0.29) is 11.8 Å². The number of hydrogen-bond acceptors (Lipinski definition) is 3. The van der Waals surface area contributed by atoms with Gasteiger partial charge in [-0.1, -0.05) is 6.07 Å². The van der Waals surface area contributed by atoms with Crippen molar-refractivity contribution in [2.75, 3.05) is 13.1 Å². The van der Waals surface area contributed by atoms with Crippen molar-refractivity contribution in [3.8, 4) is 0 Å². The molecular formula is C15H18N4O. The lowest BCUT2D eigenvalue weighted by Gasteiger charge is -2.07. The summed E-state index contributed by atoms with van der Waals surface area (Å²) in [6, 6.07) is 4.07. The number of rotatable bonds is 3. The summed E-state index contributed by atoms with van der Waals surface area (Å²) >= 11 is 0. The average Bonchev–Trinajstić information content (AvgIpc) is 2.80. The molecule has 2 N–H and O–H groups in total. The smallest absolute Gasteiger partial charge is 0.224 e. The summed E-state index contributed by atoms with van der Waals surface area (Å²) in [7, 11) is 0. The lowest BCUT2D eigenvalue weighted by Crippen LogP contribution is -2.29. The molecule has 1 amide bonds. The number of fused-ring (bicyclic) bond motifs is 2. The number of amides is 1. The molecule has 20 heavy (non-hydrogen) atoms. The maximum atomic E-state index is 12.1. The number of pyridine rings is 1. The second-order valence-corrected chi connectivity index (χ2v) is 5.85. The van der Waals surface area contributed by atoms with Gasteiger partial charge in [-0.25, -0.2) is 4.98 Å². The molecule has 1 aliphatic heterocycles. The number of aromatic nitrogens is 2. The van der Waals surface area contributed by atoms with Crippen molar-refractivity contribution in [3.63, 3.8) is 0 Å². The molecule has 4 rings (SSSR count). The van der Waals surface area contributed by atoms with Crippen molar-refractivity contribution in [2.24, 2.45) is 17.8 Å². The predicted octanol–water partition coefficient (Wildman–Crippen LogP) is 0.724. The Bertz CT molecular complexity index is 668. The first-order chi connectivity index (χ1) is 9.75. The van der Waals surface area contributed by atoms with Gasteiger partial charge in [-0.15, -0.1) is 0 Å². The van der Waals surface area contributed by atoms with Gasteiger partial charge in [0.1, 0.15) is 5.82 Å². The van der Waals surface area contributed by atoms with E-state index in [1.54, 1.807) is 0 Å². The van der Waals surface area contributed by atoms with Crippen LogP contribution in [0.15, 0.2) is 24.5 Å². The molecule has 104 valence electrons. The SMILES string of the molecule is Cc1cccn2c(CNC(=O)[C@H]3[C@@H]4CNC[C@@H]43)ncc12. The maximum absolute atomic E-state index is 12.1. The van der Waals surface area contributed by atoms with Crippen molar-refractivity contribution >= 4 is 11.4 Å². The number of hydrogen-bond donors (Lipinski definition) is 2. The molecule has 0 spiro atoms. The van der Waals surface area contributed by atoms with Gasteiger partial charge in [0.15, 0.2) is 0 Å². The minimum atomic E-state index is 0.186. The number of carbonyl (C=O) groups is 1. The molecule has 2 aromatic heterocycles. The van der Waals surface area contributed by atoms with Gasteiger partial charge in [-0.3, -0.25) is 4.79 Å². The van der Waals surface area contributed by atoms with Gasteiger partial charge >= 0.3 is 0 Å². The molecule has 1 aliphatic carbocycles. The summed E-state index contributed by atoms with van der Waals surface area (Å²) in [4.78, 5) is 16.6. The van der Waals surface area contributed by atoms with Crippen LogP contribution in [0.4, 0.5) is 0 Å². The highest BCUT2D eigenvalue weighted by atomic mass is 16.2. The molecule has 3 atom stereocenters. The van der Waals surface area contributed by atoms with E-state index in [1.807, 2.05) is 22.9 Å². The van der Waals surface area contributed by atoms with E-state index in [0.29, 0.717) is 18.4 Å². The highest BCUT2D eigenvalue weighted by molar-refractivity contribution is 5.82. The largest absolute Gasteiger partial charge is 0.349 e. The van der Waals surface area contributed by atoms with Crippen molar-refractivity contribution in [1.82, 2.24) is 20.0 Å². The molecule has 2 fully saturated rings. The Labute approximate surface area is 117 Å². The van der Waals surface area contributed by atoms with Crippen LogP contribution < -0.4 is 10.6 Å². The van der Waals surface area contributed by atoms with Crippen LogP contribution in [0.25, 0.3) is 5.52 Å². The highest BCUT2D eigenvalue weighted by Crippen LogP contribution is 2.48. The van der Waals surface area contributed by atoms with Crippen LogP contribution in [0, 0.1) is 24.7 Å². The van der Waals surface area contributed by atoms with E-state index in [2.05, 4.69) is 28.6 Å². The molecule has 1 saturated heterocycles. The zero-order valence-corrected chi connectivity index (χ0v) is 11.5. The van der Waals surface area contributed by atoms with Gasteiger partial charge in [0.2, 0.25) is 5.91 Å². The first kappa shape index (κ1) is 11.9. The van der Waals surface area contributed by atoms with Gasteiger partial charge < -0.3 is 15.0 Å². The zero-order chi connectivity index (χ0) is 13.7. The Balaban J connectivity index is 1.46. The van der Waals surface area contributed by atoms with E-state index >= 15 is 0 Å². The van der Waals surface area contributed by atoms with Crippen molar-refractivity contribution in [3.05, 3.63) is 35.9 Å². The van der Waals surface area contributed by atoms with Gasteiger partial charge in [-0.2, -0.15) is 0 Å². The second kappa shape index (κ2) is 4.31. The molecule has 5 heteroatoms. The van der Waals surface area contributed by atoms with E-state index in [4.69, 9.17) is 0 Å². The van der Waals surface area contributed by atoms with E-state index in [9.17, 15) is 4.79 Å². The molecule has 0 unspecified atom stereocenters. The van der Waals surface area contributed by atoms with Crippen LogP contribution in [0.3, 0.4) is 0 Å². The minimum Gasteiger partial charge on any atom is -0.349 e. The molecule has 3 heterocycles. The Morgan fingerprint density at radius 3 is 3.10 bits per heavy atom. The number of imidazole rings is 1. The number of aryl methyl sites for hydroxylation is 1. The second-order valence-electron chi connectivity index (χ2n) is 5.85. The summed E-state index contributed by atoms with van der Waals surface area (Å²) < 4.78 is 2.05. The summed E-state index contributed by atoms with van der Waals surface area (Å²) in [5, 5.41) is 6.35. The first-order valence-electron chi connectivity index (χ1n) is 7.15. The third-order valence-corrected chi connectivity index (χ3v) is 4.67. The Morgan fingerprint density at radius 1 is 1.50 bits per heavy atom. The third-order valence-electron chi connectivity index (χ3n) is 4.67.